The highest BCUT2D eigenvalue weighted by Crippen LogP contribution is 2.19. The number of hydrogen-bond acceptors (Lipinski definition) is 1. The first-order valence-electron chi connectivity index (χ1n) is 4.95. The van der Waals surface area contributed by atoms with Crippen LogP contribution >= 0.6 is 0 Å². The Morgan fingerprint density at radius 1 is 1.46 bits per heavy atom. The molecule has 0 spiro atoms. The Morgan fingerprint density at radius 2 is 2.08 bits per heavy atom. The van der Waals surface area contributed by atoms with E-state index in [2.05, 4.69) is 33.4 Å². The molecule has 0 aromatic heterocycles. The first kappa shape index (κ1) is 12.4. The lowest BCUT2D eigenvalue weighted by molar-refractivity contribution is 0.00842. The Bertz CT molecular complexity index is 178. The zero-order valence-electron chi connectivity index (χ0n) is 9.39. The second-order valence-electron chi connectivity index (χ2n) is 3.77. The minimum Gasteiger partial charge on any atom is -0.372 e. The zero-order chi connectivity index (χ0) is 10.3. The van der Waals surface area contributed by atoms with Crippen LogP contribution in [-0.2, 0) is 4.74 Å². The van der Waals surface area contributed by atoms with E-state index in [4.69, 9.17) is 4.74 Å². The van der Waals surface area contributed by atoms with Gasteiger partial charge in [-0.15, -0.1) is 6.58 Å². The Labute approximate surface area is 82.5 Å². The van der Waals surface area contributed by atoms with Gasteiger partial charge in [-0.25, -0.2) is 0 Å². The third-order valence-corrected chi connectivity index (χ3v) is 2.10. The third-order valence-electron chi connectivity index (χ3n) is 2.10. The fraction of sp³-hybridized carbons (Fsp3) is 0.667. The van der Waals surface area contributed by atoms with E-state index in [1.165, 1.54) is 5.57 Å². The fourth-order valence-corrected chi connectivity index (χ4v) is 1.21. The number of allylic oxidation sites excluding steroid dienone is 2. The lowest BCUT2D eigenvalue weighted by Crippen LogP contribution is -2.25. The van der Waals surface area contributed by atoms with Crippen molar-refractivity contribution < 1.29 is 4.74 Å². The molecule has 0 saturated carbocycles. The molecule has 0 saturated heterocycles. The van der Waals surface area contributed by atoms with Gasteiger partial charge in [0.2, 0.25) is 0 Å². The molecule has 0 heterocycles. The highest BCUT2D eigenvalue weighted by atomic mass is 16.5. The van der Waals surface area contributed by atoms with E-state index in [1.807, 2.05) is 13.0 Å². The summed E-state index contributed by atoms with van der Waals surface area (Å²) < 4.78 is 5.61. The van der Waals surface area contributed by atoms with Gasteiger partial charge in [-0.05, 0) is 40.5 Å². The Hall–Kier alpha value is -0.560. The van der Waals surface area contributed by atoms with Gasteiger partial charge in [-0.3, -0.25) is 0 Å². The van der Waals surface area contributed by atoms with Crippen LogP contribution in [0.4, 0.5) is 0 Å². The van der Waals surface area contributed by atoms with Gasteiger partial charge >= 0.3 is 0 Å². The van der Waals surface area contributed by atoms with Crippen molar-refractivity contribution in [2.24, 2.45) is 0 Å². The molecule has 0 aliphatic carbocycles. The zero-order valence-corrected chi connectivity index (χ0v) is 9.39. The molecule has 1 nitrogen and oxygen atoms in total. The van der Waals surface area contributed by atoms with E-state index in [-0.39, 0.29) is 5.60 Å². The van der Waals surface area contributed by atoms with Crippen molar-refractivity contribution in [1.82, 2.24) is 0 Å². The van der Waals surface area contributed by atoms with E-state index in [1.54, 1.807) is 0 Å². The van der Waals surface area contributed by atoms with Crippen LogP contribution in [0.25, 0.3) is 0 Å². The second-order valence-corrected chi connectivity index (χ2v) is 3.77. The van der Waals surface area contributed by atoms with E-state index in [0.717, 1.165) is 19.4 Å². The molecule has 1 atom stereocenters. The lowest BCUT2D eigenvalue weighted by atomic mass is 9.99. The summed E-state index contributed by atoms with van der Waals surface area (Å²) in [6.07, 6.45) is 6.20. The van der Waals surface area contributed by atoms with Gasteiger partial charge < -0.3 is 4.74 Å². The molecule has 0 fully saturated rings. The van der Waals surface area contributed by atoms with Crippen LogP contribution in [0, 0.1) is 0 Å². The smallest absolute Gasteiger partial charge is 0.0834 e. The molecular weight excluding hydrogens is 160 g/mol. The maximum Gasteiger partial charge on any atom is 0.0834 e. The average Bonchev–Trinajstić information content (AvgIpc) is 2.04. The molecule has 0 aromatic rings. The quantitative estimate of drug-likeness (QED) is 0.569. The number of rotatable bonds is 6. The fourth-order valence-electron chi connectivity index (χ4n) is 1.21. The third kappa shape index (κ3) is 5.64. The van der Waals surface area contributed by atoms with Gasteiger partial charge in [0.05, 0.1) is 5.60 Å². The number of ether oxygens (including phenoxy) is 1. The summed E-state index contributed by atoms with van der Waals surface area (Å²) in [4.78, 5) is 0. The SMILES string of the molecule is C=C[C@](C)(CCC=C(C)C)OCC. The molecule has 0 N–H and O–H groups in total. The van der Waals surface area contributed by atoms with E-state index in [0.29, 0.717) is 0 Å². The topological polar surface area (TPSA) is 9.23 Å². The highest BCUT2D eigenvalue weighted by molar-refractivity contribution is 4.99. The molecule has 0 radical (unpaired) electrons. The van der Waals surface area contributed by atoms with Gasteiger partial charge in [-0.2, -0.15) is 0 Å². The van der Waals surface area contributed by atoms with Crippen molar-refractivity contribution in [2.45, 2.75) is 46.1 Å². The molecule has 0 bridgehead atoms. The van der Waals surface area contributed by atoms with Gasteiger partial charge in [0.15, 0.2) is 0 Å². The van der Waals surface area contributed by atoms with Gasteiger partial charge in [0, 0.05) is 6.61 Å². The molecule has 76 valence electrons. The van der Waals surface area contributed by atoms with Crippen LogP contribution in [0.1, 0.15) is 40.5 Å². The largest absolute Gasteiger partial charge is 0.372 e. The summed E-state index contributed by atoms with van der Waals surface area (Å²) >= 11 is 0. The molecule has 0 unspecified atom stereocenters. The molecule has 0 amide bonds. The van der Waals surface area contributed by atoms with Crippen LogP contribution in [0.3, 0.4) is 0 Å². The Kier molecular flexibility index (Phi) is 5.72. The molecule has 0 aliphatic rings. The molecule has 0 rings (SSSR count). The van der Waals surface area contributed by atoms with Crippen molar-refractivity contribution in [1.29, 1.82) is 0 Å². The summed E-state index contributed by atoms with van der Waals surface area (Å²) in [5.41, 5.74) is 1.21. The first-order valence-corrected chi connectivity index (χ1v) is 4.95. The van der Waals surface area contributed by atoms with E-state index in [9.17, 15) is 0 Å². The van der Waals surface area contributed by atoms with Crippen LogP contribution in [-0.4, -0.2) is 12.2 Å². The van der Waals surface area contributed by atoms with E-state index >= 15 is 0 Å². The molecule has 0 aromatic carbocycles. The van der Waals surface area contributed by atoms with Gasteiger partial charge in [0.25, 0.3) is 0 Å². The number of hydrogen-bond donors (Lipinski definition) is 0. The van der Waals surface area contributed by atoms with Crippen molar-refractivity contribution in [3.05, 3.63) is 24.3 Å². The maximum atomic E-state index is 5.61. The average molecular weight is 182 g/mol. The molecular formula is C12H22O. The van der Waals surface area contributed by atoms with Crippen LogP contribution in [0.15, 0.2) is 24.3 Å². The molecule has 1 heteroatoms. The first-order chi connectivity index (χ1) is 6.04. The van der Waals surface area contributed by atoms with Crippen LogP contribution < -0.4 is 0 Å². The molecule has 13 heavy (non-hydrogen) atoms. The Morgan fingerprint density at radius 3 is 2.46 bits per heavy atom. The van der Waals surface area contributed by atoms with Gasteiger partial charge in [0.1, 0.15) is 0 Å². The maximum absolute atomic E-state index is 5.61. The summed E-state index contributed by atoms with van der Waals surface area (Å²) in [6.45, 7) is 12.9. The standard InChI is InChI=1S/C12H22O/c1-6-12(5,13-7-2)10-8-9-11(3)4/h6,9H,1,7-8,10H2,2-5H3/t12-/m1/s1. The summed E-state index contributed by atoms with van der Waals surface area (Å²) in [7, 11) is 0. The predicted octanol–water partition coefficient (Wildman–Crippen LogP) is 3.71. The molecule has 0 aliphatic heterocycles. The van der Waals surface area contributed by atoms with Crippen molar-refractivity contribution in [3.63, 3.8) is 0 Å². The summed E-state index contributed by atoms with van der Waals surface area (Å²) in [5.74, 6) is 0. The predicted molar refractivity (Wildman–Crippen MR) is 58.9 cm³/mol. The summed E-state index contributed by atoms with van der Waals surface area (Å²) in [5, 5.41) is 0. The Balaban J connectivity index is 3.97. The monoisotopic (exact) mass is 182 g/mol. The van der Waals surface area contributed by atoms with Crippen LogP contribution in [0.2, 0.25) is 0 Å². The minimum absolute atomic E-state index is 0.152. The van der Waals surface area contributed by atoms with Gasteiger partial charge in [-0.1, -0.05) is 17.7 Å². The van der Waals surface area contributed by atoms with Crippen LogP contribution in [0.5, 0.6) is 0 Å². The van der Waals surface area contributed by atoms with Crippen molar-refractivity contribution >= 4 is 0 Å². The minimum atomic E-state index is -0.152. The summed E-state index contributed by atoms with van der Waals surface area (Å²) in [6, 6.07) is 0. The second kappa shape index (κ2) is 5.98. The lowest BCUT2D eigenvalue weighted by Gasteiger charge is -2.25. The van der Waals surface area contributed by atoms with Crippen molar-refractivity contribution in [3.8, 4) is 0 Å². The van der Waals surface area contributed by atoms with E-state index < -0.39 is 0 Å². The highest BCUT2D eigenvalue weighted by Gasteiger charge is 2.18. The normalized spacial score (nSPS) is 14.8. The van der Waals surface area contributed by atoms with Crippen molar-refractivity contribution in [2.75, 3.05) is 6.61 Å².